The lowest BCUT2D eigenvalue weighted by Crippen LogP contribution is -2.19. The van der Waals surface area contributed by atoms with Crippen molar-refractivity contribution in [2.24, 2.45) is 0 Å². The summed E-state index contributed by atoms with van der Waals surface area (Å²) < 4.78 is 0. The van der Waals surface area contributed by atoms with E-state index in [0.717, 1.165) is 6.42 Å². The standard InChI is InChI=1S/C11H15NOS/c1-3-10-6-7-11(14-10)5-4-8-12-9(2)13/h4-7H,3,8H2,1-2H3,(H,12,13). The summed E-state index contributed by atoms with van der Waals surface area (Å²) >= 11 is 1.79. The van der Waals surface area contributed by atoms with Gasteiger partial charge in [-0.3, -0.25) is 4.79 Å². The lowest BCUT2D eigenvalue weighted by molar-refractivity contribution is -0.118. The Morgan fingerprint density at radius 3 is 2.93 bits per heavy atom. The van der Waals surface area contributed by atoms with Crippen LogP contribution in [0.1, 0.15) is 23.6 Å². The van der Waals surface area contributed by atoms with Crippen molar-refractivity contribution in [3.63, 3.8) is 0 Å². The number of thiophene rings is 1. The number of aryl methyl sites for hydroxylation is 1. The Kier molecular flexibility index (Phi) is 4.40. The average Bonchev–Trinajstić information content (AvgIpc) is 2.60. The molecule has 76 valence electrons. The number of nitrogens with one attached hydrogen (secondary N) is 1. The van der Waals surface area contributed by atoms with Gasteiger partial charge in [-0.1, -0.05) is 13.0 Å². The molecule has 0 radical (unpaired) electrons. The molecule has 0 fully saturated rings. The van der Waals surface area contributed by atoms with Crippen molar-refractivity contribution in [3.8, 4) is 0 Å². The molecule has 0 aromatic carbocycles. The smallest absolute Gasteiger partial charge is 0.217 e. The number of amides is 1. The predicted molar refractivity (Wildman–Crippen MR) is 61.4 cm³/mol. The molecule has 1 aromatic rings. The van der Waals surface area contributed by atoms with E-state index in [1.165, 1.54) is 16.7 Å². The van der Waals surface area contributed by atoms with E-state index in [4.69, 9.17) is 0 Å². The van der Waals surface area contributed by atoms with Crippen LogP contribution < -0.4 is 5.32 Å². The zero-order chi connectivity index (χ0) is 10.4. The Hall–Kier alpha value is -1.09. The molecule has 0 aliphatic carbocycles. The molecule has 0 saturated carbocycles. The molecule has 0 aliphatic rings. The predicted octanol–water partition coefficient (Wildman–Crippen LogP) is 2.46. The molecule has 0 unspecified atom stereocenters. The maximum atomic E-state index is 10.6. The summed E-state index contributed by atoms with van der Waals surface area (Å²) in [5.74, 6) is 0.00933. The second-order valence-corrected chi connectivity index (χ2v) is 4.20. The Morgan fingerprint density at radius 2 is 2.36 bits per heavy atom. The SMILES string of the molecule is CCc1ccc(C=CCNC(C)=O)s1. The minimum atomic E-state index is 0.00933. The van der Waals surface area contributed by atoms with Gasteiger partial charge in [0.05, 0.1) is 0 Å². The zero-order valence-electron chi connectivity index (χ0n) is 8.54. The molecule has 0 spiro atoms. The molecule has 1 rings (SSSR count). The fourth-order valence-electron chi connectivity index (χ4n) is 1.05. The van der Waals surface area contributed by atoms with Crippen LogP contribution in [-0.2, 0) is 11.2 Å². The van der Waals surface area contributed by atoms with Crippen LogP contribution in [0.4, 0.5) is 0 Å². The first-order chi connectivity index (χ1) is 6.72. The third-order valence-electron chi connectivity index (χ3n) is 1.78. The monoisotopic (exact) mass is 209 g/mol. The van der Waals surface area contributed by atoms with Crippen molar-refractivity contribution in [2.75, 3.05) is 6.54 Å². The lowest BCUT2D eigenvalue weighted by Gasteiger charge is -1.93. The van der Waals surface area contributed by atoms with Crippen LogP contribution in [0.25, 0.3) is 6.08 Å². The lowest BCUT2D eigenvalue weighted by atomic mass is 10.3. The average molecular weight is 209 g/mol. The Bertz CT molecular complexity index is 328. The summed E-state index contributed by atoms with van der Waals surface area (Å²) in [5.41, 5.74) is 0. The molecular weight excluding hydrogens is 194 g/mol. The fraction of sp³-hybridized carbons (Fsp3) is 0.364. The van der Waals surface area contributed by atoms with E-state index in [9.17, 15) is 4.79 Å². The van der Waals surface area contributed by atoms with Crippen molar-refractivity contribution in [1.82, 2.24) is 5.32 Å². The van der Waals surface area contributed by atoms with Gasteiger partial charge >= 0.3 is 0 Å². The van der Waals surface area contributed by atoms with E-state index >= 15 is 0 Å². The van der Waals surface area contributed by atoms with Gasteiger partial charge < -0.3 is 5.32 Å². The Morgan fingerprint density at radius 1 is 1.57 bits per heavy atom. The van der Waals surface area contributed by atoms with Gasteiger partial charge in [0.15, 0.2) is 0 Å². The highest BCUT2D eigenvalue weighted by Gasteiger charge is 1.93. The van der Waals surface area contributed by atoms with Crippen LogP contribution >= 0.6 is 11.3 Å². The number of carbonyl (C=O) groups excluding carboxylic acids is 1. The van der Waals surface area contributed by atoms with E-state index in [-0.39, 0.29) is 5.91 Å². The molecule has 1 aromatic heterocycles. The van der Waals surface area contributed by atoms with Crippen LogP contribution in [-0.4, -0.2) is 12.5 Å². The molecule has 2 nitrogen and oxygen atoms in total. The highest BCUT2D eigenvalue weighted by molar-refractivity contribution is 7.12. The molecule has 0 bridgehead atoms. The third-order valence-corrected chi connectivity index (χ3v) is 2.98. The first-order valence-corrected chi connectivity index (χ1v) is 5.53. The fourth-order valence-corrected chi connectivity index (χ4v) is 1.94. The van der Waals surface area contributed by atoms with Gasteiger partial charge in [-0.25, -0.2) is 0 Å². The van der Waals surface area contributed by atoms with Crippen molar-refractivity contribution in [3.05, 3.63) is 28.0 Å². The number of rotatable bonds is 4. The van der Waals surface area contributed by atoms with E-state index in [2.05, 4.69) is 24.4 Å². The maximum absolute atomic E-state index is 10.6. The number of hydrogen-bond donors (Lipinski definition) is 1. The molecule has 14 heavy (non-hydrogen) atoms. The molecular formula is C11H15NOS. The van der Waals surface area contributed by atoms with Gasteiger partial charge in [0.25, 0.3) is 0 Å². The van der Waals surface area contributed by atoms with Gasteiger partial charge in [0, 0.05) is 23.2 Å². The number of hydrogen-bond acceptors (Lipinski definition) is 2. The third kappa shape index (κ3) is 3.75. The summed E-state index contributed by atoms with van der Waals surface area (Å²) in [6.07, 6.45) is 5.09. The van der Waals surface area contributed by atoms with Crippen LogP contribution in [0.5, 0.6) is 0 Å². The van der Waals surface area contributed by atoms with Crippen LogP contribution in [0, 0.1) is 0 Å². The van der Waals surface area contributed by atoms with Crippen molar-refractivity contribution < 1.29 is 4.79 Å². The summed E-state index contributed by atoms with van der Waals surface area (Å²) in [6.45, 7) is 4.28. The second-order valence-electron chi connectivity index (χ2n) is 3.00. The molecule has 0 saturated heterocycles. The zero-order valence-corrected chi connectivity index (χ0v) is 9.36. The van der Waals surface area contributed by atoms with Gasteiger partial charge in [-0.05, 0) is 24.6 Å². The van der Waals surface area contributed by atoms with E-state index in [0.29, 0.717) is 6.54 Å². The van der Waals surface area contributed by atoms with Gasteiger partial charge in [-0.2, -0.15) is 0 Å². The van der Waals surface area contributed by atoms with Gasteiger partial charge in [0.1, 0.15) is 0 Å². The van der Waals surface area contributed by atoms with Gasteiger partial charge in [-0.15, -0.1) is 11.3 Å². The molecule has 1 heterocycles. The largest absolute Gasteiger partial charge is 0.353 e. The van der Waals surface area contributed by atoms with Crippen molar-refractivity contribution >= 4 is 23.3 Å². The summed E-state index contributed by atoms with van der Waals surface area (Å²) in [6, 6.07) is 4.25. The minimum Gasteiger partial charge on any atom is -0.353 e. The molecule has 0 aliphatic heterocycles. The van der Waals surface area contributed by atoms with Crippen LogP contribution in [0.15, 0.2) is 18.2 Å². The molecule has 1 N–H and O–H groups in total. The number of carbonyl (C=O) groups is 1. The normalized spacial score (nSPS) is 10.7. The second kappa shape index (κ2) is 5.60. The highest BCUT2D eigenvalue weighted by atomic mass is 32.1. The highest BCUT2D eigenvalue weighted by Crippen LogP contribution is 2.17. The van der Waals surface area contributed by atoms with Crippen molar-refractivity contribution in [2.45, 2.75) is 20.3 Å². The van der Waals surface area contributed by atoms with Crippen molar-refractivity contribution in [1.29, 1.82) is 0 Å². The summed E-state index contributed by atoms with van der Waals surface area (Å²) in [7, 11) is 0. The molecule has 0 atom stereocenters. The molecule has 3 heteroatoms. The topological polar surface area (TPSA) is 29.1 Å². The van der Waals surface area contributed by atoms with Crippen LogP contribution in [0.2, 0.25) is 0 Å². The molecule has 1 amide bonds. The van der Waals surface area contributed by atoms with E-state index in [1.54, 1.807) is 11.3 Å². The van der Waals surface area contributed by atoms with E-state index < -0.39 is 0 Å². The summed E-state index contributed by atoms with van der Waals surface area (Å²) in [5, 5.41) is 2.72. The van der Waals surface area contributed by atoms with E-state index in [1.807, 2.05) is 12.2 Å². The van der Waals surface area contributed by atoms with Gasteiger partial charge in [0.2, 0.25) is 5.91 Å². The minimum absolute atomic E-state index is 0.00933. The quantitative estimate of drug-likeness (QED) is 0.811. The Labute approximate surface area is 88.6 Å². The first-order valence-electron chi connectivity index (χ1n) is 4.72. The Balaban J connectivity index is 2.39. The van der Waals surface area contributed by atoms with Crippen LogP contribution in [0.3, 0.4) is 0 Å². The summed E-state index contributed by atoms with van der Waals surface area (Å²) in [4.78, 5) is 13.2. The maximum Gasteiger partial charge on any atom is 0.217 e. The first kappa shape index (κ1) is 11.0.